The summed E-state index contributed by atoms with van der Waals surface area (Å²) in [4.78, 5) is 12.2. The Kier molecular flexibility index (Phi) is 3.25. The summed E-state index contributed by atoms with van der Waals surface area (Å²) in [5.74, 6) is 2.65. The number of carbonyl (C=O) groups is 1. The number of rotatable bonds is 0. The van der Waals surface area contributed by atoms with Crippen molar-refractivity contribution in [3.05, 3.63) is 11.6 Å². The molecule has 0 aromatic rings. The Morgan fingerprint density at radius 1 is 1.09 bits per heavy atom. The van der Waals surface area contributed by atoms with Crippen molar-refractivity contribution < 1.29 is 9.90 Å². The van der Waals surface area contributed by atoms with Crippen LogP contribution in [0.25, 0.3) is 0 Å². The Balaban J connectivity index is 1.70. The molecule has 4 rings (SSSR count). The quantitative estimate of drug-likeness (QED) is 0.713. The molecule has 1 N–H and O–H groups in total. The van der Waals surface area contributed by atoms with Gasteiger partial charge in [0.1, 0.15) is 0 Å². The van der Waals surface area contributed by atoms with Crippen LogP contribution in [0.3, 0.4) is 0 Å². The van der Waals surface area contributed by atoms with Crippen LogP contribution in [0, 0.1) is 34.5 Å². The van der Waals surface area contributed by atoms with Gasteiger partial charge in [0.15, 0.2) is 5.78 Å². The first-order valence-electron chi connectivity index (χ1n) is 9.66. The molecule has 0 amide bonds. The third-order valence-corrected chi connectivity index (χ3v) is 8.83. The summed E-state index contributed by atoms with van der Waals surface area (Å²) in [5.41, 5.74) is 1.28. The van der Waals surface area contributed by atoms with Crippen molar-refractivity contribution in [2.24, 2.45) is 34.5 Å². The second-order valence-electron chi connectivity index (χ2n) is 9.78. The van der Waals surface area contributed by atoms with E-state index in [0.717, 1.165) is 31.6 Å². The molecule has 4 aliphatic rings. The van der Waals surface area contributed by atoms with Crippen molar-refractivity contribution in [1.82, 2.24) is 0 Å². The molecule has 128 valence electrons. The summed E-state index contributed by atoms with van der Waals surface area (Å²) >= 11 is 0. The van der Waals surface area contributed by atoms with E-state index >= 15 is 0 Å². The molecule has 0 aromatic heterocycles. The highest BCUT2D eigenvalue weighted by molar-refractivity contribution is 5.93. The van der Waals surface area contributed by atoms with Crippen LogP contribution < -0.4 is 0 Å². The van der Waals surface area contributed by atoms with Crippen molar-refractivity contribution in [3.63, 3.8) is 0 Å². The Morgan fingerprint density at radius 3 is 2.52 bits per heavy atom. The third-order valence-electron chi connectivity index (χ3n) is 8.83. The van der Waals surface area contributed by atoms with Gasteiger partial charge >= 0.3 is 0 Å². The highest BCUT2D eigenvalue weighted by atomic mass is 16.3. The summed E-state index contributed by atoms with van der Waals surface area (Å²) in [7, 11) is 0. The first-order chi connectivity index (χ1) is 10.7. The standard InChI is InChI=1S/C21H32O2/c1-13-12-19(2)14(11-18(13)22)5-6-15-16(19)7-9-20(3)17(15)8-10-21(20,4)23/h11,13,15-17,23H,5-10,12H2,1-4H3/t13-,15?,16?,17?,19?,20?,21+/m1/s1. The fourth-order valence-electron chi connectivity index (χ4n) is 7.14. The van der Waals surface area contributed by atoms with Gasteiger partial charge in [-0.3, -0.25) is 4.79 Å². The highest BCUT2D eigenvalue weighted by Crippen LogP contribution is 2.67. The topological polar surface area (TPSA) is 37.3 Å². The second kappa shape index (κ2) is 4.71. The summed E-state index contributed by atoms with van der Waals surface area (Å²) in [6, 6.07) is 0. The normalized spacial score (nSPS) is 55.7. The third kappa shape index (κ3) is 1.94. The van der Waals surface area contributed by atoms with Gasteiger partial charge in [-0.2, -0.15) is 0 Å². The second-order valence-corrected chi connectivity index (χ2v) is 9.78. The summed E-state index contributed by atoms with van der Waals surface area (Å²) in [6.07, 6.45) is 9.90. The molecule has 4 aliphatic carbocycles. The molecular weight excluding hydrogens is 284 g/mol. The van der Waals surface area contributed by atoms with Crippen LogP contribution in [0.1, 0.15) is 72.6 Å². The minimum atomic E-state index is -0.491. The molecule has 3 fully saturated rings. The average Bonchev–Trinajstić information content (AvgIpc) is 2.71. The molecule has 0 aliphatic heterocycles. The summed E-state index contributed by atoms with van der Waals surface area (Å²) in [6.45, 7) is 8.97. The van der Waals surface area contributed by atoms with Gasteiger partial charge in [0.25, 0.3) is 0 Å². The molecule has 0 radical (unpaired) electrons. The van der Waals surface area contributed by atoms with Crippen molar-refractivity contribution >= 4 is 5.78 Å². The van der Waals surface area contributed by atoms with Gasteiger partial charge < -0.3 is 5.11 Å². The van der Waals surface area contributed by atoms with E-state index in [0.29, 0.717) is 17.6 Å². The molecule has 2 heteroatoms. The van der Waals surface area contributed by atoms with Crippen LogP contribution in [0.2, 0.25) is 0 Å². The van der Waals surface area contributed by atoms with Crippen molar-refractivity contribution in [2.75, 3.05) is 0 Å². The first-order valence-corrected chi connectivity index (χ1v) is 9.66. The minimum Gasteiger partial charge on any atom is -0.390 e. The lowest BCUT2D eigenvalue weighted by Gasteiger charge is -2.59. The number of fused-ring (bicyclic) bond motifs is 5. The largest absolute Gasteiger partial charge is 0.390 e. The van der Waals surface area contributed by atoms with Crippen LogP contribution >= 0.6 is 0 Å². The molecule has 2 nitrogen and oxygen atoms in total. The molecule has 5 unspecified atom stereocenters. The zero-order chi connectivity index (χ0) is 16.6. The van der Waals surface area contributed by atoms with E-state index in [9.17, 15) is 9.90 Å². The zero-order valence-electron chi connectivity index (χ0n) is 15.2. The van der Waals surface area contributed by atoms with Gasteiger partial charge in [0.05, 0.1) is 5.60 Å². The Morgan fingerprint density at radius 2 is 1.78 bits per heavy atom. The molecule has 0 bridgehead atoms. The van der Waals surface area contributed by atoms with E-state index in [4.69, 9.17) is 0 Å². The van der Waals surface area contributed by atoms with Gasteiger partial charge in [0.2, 0.25) is 0 Å². The molecule has 0 heterocycles. The van der Waals surface area contributed by atoms with E-state index in [1.165, 1.54) is 24.8 Å². The summed E-state index contributed by atoms with van der Waals surface area (Å²) < 4.78 is 0. The Bertz CT molecular complexity index is 574. The van der Waals surface area contributed by atoms with Crippen LogP contribution in [-0.2, 0) is 4.79 Å². The van der Waals surface area contributed by atoms with E-state index in [1.54, 1.807) is 0 Å². The molecule has 7 atom stereocenters. The SMILES string of the molecule is C[C@@H]1CC2(C)C(=CC1=O)CCC1C2CCC2(C)C1CC[C@]2(C)O. The van der Waals surface area contributed by atoms with Crippen LogP contribution in [0.4, 0.5) is 0 Å². The lowest BCUT2D eigenvalue weighted by atomic mass is 9.46. The smallest absolute Gasteiger partial charge is 0.158 e. The number of carbonyl (C=O) groups excluding carboxylic acids is 1. The maximum Gasteiger partial charge on any atom is 0.158 e. The van der Waals surface area contributed by atoms with Gasteiger partial charge in [-0.15, -0.1) is 0 Å². The van der Waals surface area contributed by atoms with Crippen LogP contribution in [-0.4, -0.2) is 16.5 Å². The van der Waals surface area contributed by atoms with Crippen molar-refractivity contribution in [2.45, 2.75) is 78.2 Å². The van der Waals surface area contributed by atoms with Crippen LogP contribution in [0.5, 0.6) is 0 Å². The van der Waals surface area contributed by atoms with E-state index in [1.807, 2.05) is 6.08 Å². The zero-order valence-corrected chi connectivity index (χ0v) is 15.2. The highest BCUT2D eigenvalue weighted by Gasteiger charge is 2.62. The predicted octanol–water partition coefficient (Wildman–Crippen LogP) is 4.52. The Hall–Kier alpha value is -0.630. The Labute approximate surface area is 140 Å². The van der Waals surface area contributed by atoms with Gasteiger partial charge in [-0.05, 0) is 86.5 Å². The fraction of sp³-hybridized carbons (Fsp3) is 0.857. The maximum atomic E-state index is 12.2. The van der Waals surface area contributed by atoms with Gasteiger partial charge in [-0.1, -0.05) is 26.3 Å². The molecule has 3 saturated carbocycles. The molecule has 23 heavy (non-hydrogen) atoms. The average molecular weight is 316 g/mol. The summed E-state index contributed by atoms with van der Waals surface area (Å²) in [5, 5.41) is 11.0. The number of allylic oxidation sites excluding steroid dienone is 1. The first kappa shape index (κ1) is 15.9. The molecular formula is C21H32O2. The minimum absolute atomic E-state index is 0.0991. The molecule has 0 aromatic carbocycles. The predicted molar refractivity (Wildman–Crippen MR) is 91.9 cm³/mol. The van der Waals surface area contributed by atoms with Crippen LogP contribution in [0.15, 0.2) is 11.6 Å². The van der Waals surface area contributed by atoms with E-state index in [2.05, 4.69) is 27.7 Å². The lowest BCUT2D eigenvalue weighted by molar-refractivity contribution is -0.128. The molecule has 0 saturated heterocycles. The maximum absolute atomic E-state index is 12.2. The van der Waals surface area contributed by atoms with E-state index in [-0.39, 0.29) is 16.7 Å². The lowest BCUT2D eigenvalue weighted by Crippen LogP contribution is -2.54. The van der Waals surface area contributed by atoms with Gasteiger partial charge in [0, 0.05) is 5.92 Å². The van der Waals surface area contributed by atoms with E-state index < -0.39 is 5.60 Å². The monoisotopic (exact) mass is 316 g/mol. The number of hydrogen-bond acceptors (Lipinski definition) is 2. The van der Waals surface area contributed by atoms with Gasteiger partial charge in [-0.25, -0.2) is 0 Å². The number of aliphatic hydroxyl groups is 1. The van der Waals surface area contributed by atoms with Crippen molar-refractivity contribution in [3.8, 4) is 0 Å². The van der Waals surface area contributed by atoms with Crippen molar-refractivity contribution in [1.29, 1.82) is 0 Å². The molecule has 0 spiro atoms. The number of ketones is 1. The fourth-order valence-corrected chi connectivity index (χ4v) is 7.14. The number of hydrogen-bond donors (Lipinski definition) is 1.